The first-order valence-corrected chi connectivity index (χ1v) is 6.87. The molecule has 0 aliphatic rings. The zero-order valence-corrected chi connectivity index (χ0v) is 12.3. The molecule has 0 saturated heterocycles. The number of imidazole rings is 1. The molecule has 0 radical (unpaired) electrons. The van der Waals surface area contributed by atoms with E-state index < -0.39 is 0 Å². The fraction of sp³-hybridized carbons (Fsp3) is 0.176. The highest BCUT2D eigenvalue weighted by molar-refractivity contribution is 6.04. The standard InChI is InChI=1S/C17H17N3O/c1-11-4-6-15(12(2)8-11)19-17(21)14-5-7-16-18-13(3)9-20(16)10-14/h4-10H,1-3H3,(H,19,21). The average molecular weight is 279 g/mol. The Balaban J connectivity index is 1.89. The lowest BCUT2D eigenvalue weighted by molar-refractivity contribution is 0.102. The number of carbonyl (C=O) groups excluding carboxylic acids is 1. The van der Waals surface area contributed by atoms with Crippen LogP contribution >= 0.6 is 0 Å². The van der Waals surface area contributed by atoms with Crippen molar-refractivity contribution >= 4 is 17.2 Å². The van der Waals surface area contributed by atoms with E-state index in [4.69, 9.17) is 0 Å². The van der Waals surface area contributed by atoms with Crippen LogP contribution in [0.3, 0.4) is 0 Å². The molecule has 3 aromatic rings. The highest BCUT2D eigenvalue weighted by atomic mass is 16.1. The van der Waals surface area contributed by atoms with E-state index in [2.05, 4.69) is 16.4 Å². The van der Waals surface area contributed by atoms with E-state index in [9.17, 15) is 4.79 Å². The highest BCUT2D eigenvalue weighted by Gasteiger charge is 2.09. The first-order chi connectivity index (χ1) is 10.0. The molecule has 0 aliphatic carbocycles. The van der Waals surface area contributed by atoms with Crippen LogP contribution in [0.2, 0.25) is 0 Å². The fourth-order valence-corrected chi connectivity index (χ4v) is 2.40. The van der Waals surface area contributed by atoms with Crippen molar-refractivity contribution in [3.05, 3.63) is 65.1 Å². The van der Waals surface area contributed by atoms with Crippen LogP contribution in [0, 0.1) is 20.8 Å². The molecule has 2 heterocycles. The number of fused-ring (bicyclic) bond motifs is 1. The van der Waals surface area contributed by atoms with E-state index in [1.165, 1.54) is 5.56 Å². The number of nitrogens with one attached hydrogen (secondary N) is 1. The summed E-state index contributed by atoms with van der Waals surface area (Å²) >= 11 is 0. The highest BCUT2D eigenvalue weighted by Crippen LogP contribution is 2.17. The molecule has 0 fully saturated rings. The van der Waals surface area contributed by atoms with Crippen molar-refractivity contribution in [2.24, 2.45) is 0 Å². The lowest BCUT2D eigenvalue weighted by Gasteiger charge is -2.09. The molecule has 4 heteroatoms. The molecule has 4 nitrogen and oxygen atoms in total. The van der Waals surface area contributed by atoms with Gasteiger partial charge in [0.15, 0.2) is 0 Å². The van der Waals surface area contributed by atoms with Gasteiger partial charge in [0, 0.05) is 18.1 Å². The van der Waals surface area contributed by atoms with Crippen molar-refractivity contribution in [3.63, 3.8) is 0 Å². The van der Waals surface area contributed by atoms with Crippen molar-refractivity contribution in [1.82, 2.24) is 9.38 Å². The summed E-state index contributed by atoms with van der Waals surface area (Å²) in [7, 11) is 0. The lowest BCUT2D eigenvalue weighted by Crippen LogP contribution is -2.13. The molecule has 1 aromatic carbocycles. The molecule has 2 aromatic heterocycles. The second-order valence-electron chi connectivity index (χ2n) is 5.34. The van der Waals surface area contributed by atoms with Gasteiger partial charge in [0.2, 0.25) is 0 Å². The summed E-state index contributed by atoms with van der Waals surface area (Å²) in [6, 6.07) is 9.62. The van der Waals surface area contributed by atoms with E-state index in [1.54, 1.807) is 12.3 Å². The minimum Gasteiger partial charge on any atom is -0.322 e. The van der Waals surface area contributed by atoms with Crippen LogP contribution in [0.25, 0.3) is 5.65 Å². The average Bonchev–Trinajstić information content (AvgIpc) is 2.80. The normalized spacial score (nSPS) is 10.8. The molecule has 1 amide bonds. The third-order valence-electron chi connectivity index (χ3n) is 3.46. The Morgan fingerprint density at radius 2 is 1.90 bits per heavy atom. The van der Waals surface area contributed by atoms with Gasteiger partial charge in [0.25, 0.3) is 5.91 Å². The van der Waals surface area contributed by atoms with Gasteiger partial charge in [-0.3, -0.25) is 4.79 Å². The second-order valence-corrected chi connectivity index (χ2v) is 5.34. The van der Waals surface area contributed by atoms with Gasteiger partial charge in [-0.15, -0.1) is 0 Å². The quantitative estimate of drug-likeness (QED) is 0.780. The van der Waals surface area contributed by atoms with Crippen LogP contribution in [-0.2, 0) is 0 Å². The Bertz CT molecular complexity index is 833. The van der Waals surface area contributed by atoms with Gasteiger partial charge in [0.05, 0.1) is 11.3 Å². The third-order valence-corrected chi connectivity index (χ3v) is 3.46. The van der Waals surface area contributed by atoms with Crippen LogP contribution in [0.1, 0.15) is 27.2 Å². The smallest absolute Gasteiger partial charge is 0.257 e. The summed E-state index contributed by atoms with van der Waals surface area (Å²) in [4.78, 5) is 16.7. The molecule has 0 atom stereocenters. The summed E-state index contributed by atoms with van der Waals surface area (Å²) in [6.45, 7) is 5.96. The SMILES string of the molecule is Cc1ccc(NC(=O)c2ccc3nc(C)cn3c2)c(C)c1. The van der Waals surface area contributed by atoms with E-state index in [0.717, 1.165) is 22.6 Å². The van der Waals surface area contributed by atoms with Crippen molar-refractivity contribution in [3.8, 4) is 0 Å². The minimum atomic E-state index is -0.116. The van der Waals surface area contributed by atoms with E-state index in [1.807, 2.05) is 49.6 Å². The number of benzene rings is 1. The number of aromatic nitrogens is 2. The van der Waals surface area contributed by atoms with Gasteiger partial charge in [0.1, 0.15) is 5.65 Å². The number of anilines is 1. The van der Waals surface area contributed by atoms with Gasteiger partial charge in [-0.1, -0.05) is 17.7 Å². The maximum absolute atomic E-state index is 12.4. The van der Waals surface area contributed by atoms with E-state index >= 15 is 0 Å². The number of hydrogen-bond acceptors (Lipinski definition) is 2. The van der Waals surface area contributed by atoms with Gasteiger partial charge in [-0.05, 0) is 44.5 Å². The Morgan fingerprint density at radius 3 is 2.67 bits per heavy atom. The first-order valence-electron chi connectivity index (χ1n) is 6.87. The van der Waals surface area contributed by atoms with Crippen LogP contribution in [0.5, 0.6) is 0 Å². The number of hydrogen-bond donors (Lipinski definition) is 1. The molecule has 0 saturated carbocycles. The third kappa shape index (κ3) is 2.65. The molecule has 0 unspecified atom stereocenters. The summed E-state index contributed by atoms with van der Waals surface area (Å²) in [5.41, 5.74) is 5.47. The Hall–Kier alpha value is -2.62. The fourth-order valence-electron chi connectivity index (χ4n) is 2.40. The van der Waals surface area contributed by atoms with Crippen molar-refractivity contribution in [1.29, 1.82) is 0 Å². The maximum atomic E-state index is 12.4. The zero-order valence-electron chi connectivity index (χ0n) is 12.3. The summed E-state index contributed by atoms with van der Waals surface area (Å²) in [5, 5.41) is 2.95. The van der Waals surface area contributed by atoms with Crippen molar-refractivity contribution in [2.45, 2.75) is 20.8 Å². The Morgan fingerprint density at radius 1 is 1.10 bits per heavy atom. The minimum absolute atomic E-state index is 0.116. The monoisotopic (exact) mass is 279 g/mol. The summed E-state index contributed by atoms with van der Waals surface area (Å²) < 4.78 is 1.87. The molecule has 0 spiro atoms. The van der Waals surface area contributed by atoms with Crippen LogP contribution < -0.4 is 5.32 Å². The summed E-state index contributed by atoms with van der Waals surface area (Å²) in [5.74, 6) is -0.116. The van der Waals surface area contributed by atoms with Crippen molar-refractivity contribution < 1.29 is 4.79 Å². The lowest BCUT2D eigenvalue weighted by atomic mass is 10.1. The second kappa shape index (κ2) is 5.05. The summed E-state index contributed by atoms with van der Waals surface area (Å²) in [6.07, 6.45) is 3.71. The predicted molar refractivity (Wildman–Crippen MR) is 83.8 cm³/mol. The van der Waals surface area contributed by atoms with Crippen LogP contribution in [-0.4, -0.2) is 15.3 Å². The van der Waals surface area contributed by atoms with E-state index in [-0.39, 0.29) is 5.91 Å². The molecule has 1 N–H and O–H groups in total. The molecule has 0 bridgehead atoms. The van der Waals surface area contributed by atoms with Gasteiger partial charge in [-0.25, -0.2) is 4.98 Å². The Labute approximate surface area is 123 Å². The first kappa shape index (κ1) is 13.4. The predicted octanol–water partition coefficient (Wildman–Crippen LogP) is 3.51. The van der Waals surface area contributed by atoms with Crippen molar-refractivity contribution in [2.75, 3.05) is 5.32 Å². The number of aryl methyl sites for hydroxylation is 3. The molecule has 106 valence electrons. The largest absolute Gasteiger partial charge is 0.322 e. The number of rotatable bonds is 2. The maximum Gasteiger partial charge on any atom is 0.257 e. The van der Waals surface area contributed by atoms with Gasteiger partial charge >= 0.3 is 0 Å². The number of amides is 1. The number of nitrogens with zero attached hydrogens (tertiary/aromatic N) is 2. The topological polar surface area (TPSA) is 46.4 Å². The molecule has 0 aliphatic heterocycles. The van der Waals surface area contributed by atoms with Gasteiger partial charge in [-0.2, -0.15) is 0 Å². The van der Waals surface area contributed by atoms with Crippen LogP contribution in [0.15, 0.2) is 42.7 Å². The molecule has 21 heavy (non-hydrogen) atoms. The van der Waals surface area contributed by atoms with Gasteiger partial charge < -0.3 is 9.72 Å². The zero-order chi connectivity index (χ0) is 15.0. The number of pyridine rings is 1. The van der Waals surface area contributed by atoms with E-state index in [0.29, 0.717) is 5.56 Å². The van der Waals surface area contributed by atoms with Crippen LogP contribution in [0.4, 0.5) is 5.69 Å². The number of carbonyl (C=O) groups is 1. The molecular formula is C17H17N3O. The molecular weight excluding hydrogens is 262 g/mol. The molecule has 3 rings (SSSR count). The Kier molecular flexibility index (Phi) is 3.22.